The predicted molar refractivity (Wildman–Crippen MR) is 95.2 cm³/mol. The van der Waals surface area contributed by atoms with Crippen molar-refractivity contribution in [1.29, 1.82) is 0 Å². The number of nitrogens with one attached hydrogen (secondary N) is 1. The number of likely N-dealkylation sites (tertiary alicyclic amines) is 1. The fourth-order valence-electron chi connectivity index (χ4n) is 3.27. The molecule has 1 fully saturated rings. The third-order valence-corrected chi connectivity index (χ3v) is 4.55. The van der Waals surface area contributed by atoms with E-state index in [-0.39, 0.29) is 5.91 Å². The molecule has 1 aromatic heterocycles. The van der Waals surface area contributed by atoms with Gasteiger partial charge in [0.25, 0.3) is 11.8 Å². The van der Waals surface area contributed by atoms with E-state index in [4.69, 9.17) is 5.73 Å². The number of para-hydroxylation sites is 1. The molecule has 0 unspecified atom stereocenters. The van der Waals surface area contributed by atoms with Crippen LogP contribution in [0.25, 0.3) is 22.4 Å². The standard InChI is InChI=1S/C19H18N4O2/c20-17(24)14-7-4-8-15-16(14)22-18(21-15)12-5-3-6-13(11-12)19(25)23-9-1-2-10-23/h3-8,11H,1-2,9-10H2,(H2,20,24)(H,21,22). The molecule has 3 N–H and O–H groups in total. The lowest BCUT2D eigenvalue weighted by Crippen LogP contribution is -2.27. The van der Waals surface area contributed by atoms with Gasteiger partial charge in [-0.15, -0.1) is 0 Å². The summed E-state index contributed by atoms with van der Waals surface area (Å²) in [5.41, 5.74) is 8.53. The Hall–Kier alpha value is -3.15. The average Bonchev–Trinajstić information content (AvgIpc) is 3.30. The molecule has 2 aromatic carbocycles. The molecule has 0 aliphatic carbocycles. The number of carbonyl (C=O) groups excluding carboxylic acids is 2. The quantitative estimate of drug-likeness (QED) is 0.771. The van der Waals surface area contributed by atoms with E-state index in [1.54, 1.807) is 12.1 Å². The van der Waals surface area contributed by atoms with Crippen molar-refractivity contribution < 1.29 is 9.59 Å². The Bertz CT molecular complexity index is 970. The first-order valence-corrected chi connectivity index (χ1v) is 8.32. The van der Waals surface area contributed by atoms with Gasteiger partial charge in [-0.3, -0.25) is 9.59 Å². The van der Waals surface area contributed by atoms with Crippen molar-refractivity contribution in [3.63, 3.8) is 0 Å². The molecule has 1 saturated heterocycles. The topological polar surface area (TPSA) is 92.1 Å². The summed E-state index contributed by atoms with van der Waals surface area (Å²) in [4.78, 5) is 33.7. The van der Waals surface area contributed by atoms with E-state index in [9.17, 15) is 9.59 Å². The number of primary amides is 1. The molecule has 0 saturated carbocycles. The number of hydrogen-bond acceptors (Lipinski definition) is 3. The van der Waals surface area contributed by atoms with Crippen LogP contribution in [0, 0.1) is 0 Å². The van der Waals surface area contributed by atoms with Crippen LogP contribution in [-0.4, -0.2) is 39.8 Å². The molecule has 3 aromatic rings. The number of nitrogens with zero attached hydrogens (tertiary/aromatic N) is 2. The van der Waals surface area contributed by atoms with Gasteiger partial charge < -0.3 is 15.6 Å². The molecule has 6 heteroatoms. The summed E-state index contributed by atoms with van der Waals surface area (Å²) in [7, 11) is 0. The van der Waals surface area contributed by atoms with E-state index < -0.39 is 5.91 Å². The second kappa shape index (κ2) is 6.05. The Balaban J connectivity index is 1.74. The van der Waals surface area contributed by atoms with Crippen molar-refractivity contribution in [2.24, 2.45) is 5.73 Å². The fourth-order valence-corrected chi connectivity index (χ4v) is 3.27. The van der Waals surface area contributed by atoms with E-state index in [0.717, 1.165) is 37.0 Å². The monoisotopic (exact) mass is 334 g/mol. The predicted octanol–water partition coefficient (Wildman–Crippen LogP) is 2.56. The number of carbonyl (C=O) groups is 2. The van der Waals surface area contributed by atoms with Gasteiger partial charge in [0.1, 0.15) is 11.3 Å². The molecular formula is C19H18N4O2. The summed E-state index contributed by atoms with van der Waals surface area (Å²) in [6, 6.07) is 12.7. The second-order valence-corrected chi connectivity index (χ2v) is 6.23. The van der Waals surface area contributed by atoms with Gasteiger partial charge in [0.05, 0.1) is 11.1 Å². The summed E-state index contributed by atoms with van der Waals surface area (Å²) in [5.74, 6) is 0.148. The Labute approximate surface area is 144 Å². The molecular weight excluding hydrogens is 316 g/mol. The summed E-state index contributed by atoms with van der Waals surface area (Å²) >= 11 is 0. The van der Waals surface area contributed by atoms with Crippen molar-refractivity contribution >= 4 is 22.8 Å². The summed E-state index contributed by atoms with van der Waals surface area (Å²) in [6.45, 7) is 1.63. The highest BCUT2D eigenvalue weighted by atomic mass is 16.2. The van der Waals surface area contributed by atoms with Crippen molar-refractivity contribution in [1.82, 2.24) is 14.9 Å². The Kier molecular flexibility index (Phi) is 3.72. The molecule has 2 amide bonds. The van der Waals surface area contributed by atoms with Crippen LogP contribution < -0.4 is 5.73 Å². The minimum Gasteiger partial charge on any atom is -0.366 e. The maximum atomic E-state index is 12.6. The summed E-state index contributed by atoms with van der Waals surface area (Å²) in [5, 5.41) is 0. The third-order valence-electron chi connectivity index (χ3n) is 4.55. The van der Waals surface area contributed by atoms with E-state index >= 15 is 0 Å². The lowest BCUT2D eigenvalue weighted by Gasteiger charge is -2.15. The number of hydrogen-bond donors (Lipinski definition) is 2. The molecule has 25 heavy (non-hydrogen) atoms. The number of aromatic amines is 1. The largest absolute Gasteiger partial charge is 0.366 e. The lowest BCUT2D eigenvalue weighted by molar-refractivity contribution is 0.0792. The number of H-pyrrole nitrogens is 1. The minimum atomic E-state index is -0.512. The van der Waals surface area contributed by atoms with Crippen molar-refractivity contribution in [2.45, 2.75) is 12.8 Å². The lowest BCUT2D eigenvalue weighted by atomic mass is 10.1. The number of imidazole rings is 1. The van der Waals surface area contributed by atoms with Crippen LogP contribution >= 0.6 is 0 Å². The highest BCUT2D eigenvalue weighted by Crippen LogP contribution is 2.24. The molecule has 0 radical (unpaired) electrons. The summed E-state index contributed by atoms with van der Waals surface area (Å²) < 4.78 is 0. The third kappa shape index (κ3) is 2.76. The van der Waals surface area contributed by atoms with E-state index in [1.807, 2.05) is 35.2 Å². The molecule has 1 aliphatic rings. The maximum Gasteiger partial charge on any atom is 0.253 e. The molecule has 4 rings (SSSR count). The summed E-state index contributed by atoms with van der Waals surface area (Å²) in [6.07, 6.45) is 2.12. The molecule has 2 heterocycles. The first-order chi connectivity index (χ1) is 12.1. The second-order valence-electron chi connectivity index (χ2n) is 6.23. The maximum absolute atomic E-state index is 12.6. The normalized spacial score (nSPS) is 14.2. The Morgan fingerprint density at radius 3 is 2.60 bits per heavy atom. The Morgan fingerprint density at radius 2 is 1.84 bits per heavy atom. The molecule has 6 nitrogen and oxygen atoms in total. The molecule has 126 valence electrons. The highest BCUT2D eigenvalue weighted by molar-refractivity contribution is 6.04. The molecule has 0 bridgehead atoms. The van der Waals surface area contributed by atoms with Crippen LogP contribution in [0.15, 0.2) is 42.5 Å². The zero-order chi connectivity index (χ0) is 17.4. The van der Waals surface area contributed by atoms with Crippen molar-refractivity contribution in [3.05, 3.63) is 53.6 Å². The number of rotatable bonds is 3. The van der Waals surface area contributed by atoms with Crippen LogP contribution in [0.5, 0.6) is 0 Å². The van der Waals surface area contributed by atoms with E-state index in [0.29, 0.717) is 22.5 Å². The number of benzene rings is 2. The van der Waals surface area contributed by atoms with Gasteiger partial charge in [0, 0.05) is 24.2 Å². The SMILES string of the molecule is NC(=O)c1cccc2[nH]c(-c3cccc(C(=O)N4CCCC4)c3)nc12. The van der Waals surface area contributed by atoms with Gasteiger partial charge in [-0.05, 0) is 37.1 Å². The van der Waals surface area contributed by atoms with Gasteiger partial charge in [-0.25, -0.2) is 4.98 Å². The number of fused-ring (bicyclic) bond motifs is 1. The van der Waals surface area contributed by atoms with E-state index in [1.165, 1.54) is 0 Å². The van der Waals surface area contributed by atoms with Crippen LogP contribution in [-0.2, 0) is 0 Å². The Morgan fingerprint density at radius 1 is 1.08 bits per heavy atom. The number of aromatic nitrogens is 2. The smallest absolute Gasteiger partial charge is 0.253 e. The van der Waals surface area contributed by atoms with Crippen LogP contribution in [0.4, 0.5) is 0 Å². The zero-order valence-corrected chi connectivity index (χ0v) is 13.7. The molecule has 0 atom stereocenters. The van der Waals surface area contributed by atoms with Crippen LogP contribution in [0.1, 0.15) is 33.6 Å². The van der Waals surface area contributed by atoms with E-state index in [2.05, 4.69) is 9.97 Å². The van der Waals surface area contributed by atoms with Crippen molar-refractivity contribution in [2.75, 3.05) is 13.1 Å². The highest BCUT2D eigenvalue weighted by Gasteiger charge is 2.20. The molecule has 1 aliphatic heterocycles. The van der Waals surface area contributed by atoms with Crippen LogP contribution in [0.3, 0.4) is 0 Å². The van der Waals surface area contributed by atoms with Crippen LogP contribution in [0.2, 0.25) is 0 Å². The van der Waals surface area contributed by atoms with Gasteiger partial charge in [0.2, 0.25) is 0 Å². The van der Waals surface area contributed by atoms with Crippen molar-refractivity contribution in [3.8, 4) is 11.4 Å². The first kappa shape index (κ1) is 15.4. The number of amides is 2. The van der Waals surface area contributed by atoms with Gasteiger partial charge in [-0.1, -0.05) is 18.2 Å². The zero-order valence-electron chi connectivity index (χ0n) is 13.7. The van der Waals surface area contributed by atoms with Gasteiger partial charge >= 0.3 is 0 Å². The first-order valence-electron chi connectivity index (χ1n) is 8.32. The fraction of sp³-hybridized carbons (Fsp3) is 0.211. The molecule has 0 spiro atoms. The van der Waals surface area contributed by atoms with Gasteiger partial charge in [-0.2, -0.15) is 0 Å². The number of nitrogens with two attached hydrogens (primary N) is 1. The van der Waals surface area contributed by atoms with Gasteiger partial charge in [0.15, 0.2) is 0 Å². The minimum absolute atomic E-state index is 0.0493. The average molecular weight is 334 g/mol.